The molecular formula is C17H37IN4O. The number of hydrogen-bond donors (Lipinski definition) is 2. The molecule has 1 aliphatic rings. The van der Waals surface area contributed by atoms with E-state index in [1.807, 2.05) is 7.05 Å². The zero-order chi connectivity index (χ0) is 16.6. The topological polar surface area (TPSA) is 48.9 Å². The molecule has 0 bridgehead atoms. The van der Waals surface area contributed by atoms with Crippen molar-refractivity contribution < 1.29 is 4.74 Å². The zero-order valence-electron chi connectivity index (χ0n) is 15.8. The van der Waals surface area contributed by atoms with E-state index in [1.165, 1.54) is 0 Å². The summed E-state index contributed by atoms with van der Waals surface area (Å²) in [6.07, 6.45) is 3.39. The summed E-state index contributed by atoms with van der Waals surface area (Å²) in [6, 6.07) is 1.19. The van der Waals surface area contributed by atoms with Gasteiger partial charge in [-0.1, -0.05) is 0 Å². The molecular weight excluding hydrogens is 403 g/mol. The molecule has 1 heterocycles. The molecule has 1 saturated heterocycles. The lowest BCUT2D eigenvalue weighted by Gasteiger charge is -2.30. The first kappa shape index (κ1) is 22.9. The predicted molar refractivity (Wildman–Crippen MR) is 110 cm³/mol. The molecule has 0 saturated carbocycles. The van der Waals surface area contributed by atoms with Crippen molar-refractivity contribution in [2.24, 2.45) is 4.99 Å². The number of ether oxygens (including phenoxy) is 1. The molecule has 0 aromatic rings. The van der Waals surface area contributed by atoms with Crippen LogP contribution in [-0.2, 0) is 4.74 Å². The quantitative estimate of drug-likeness (QED) is 0.264. The highest BCUT2D eigenvalue weighted by Crippen LogP contribution is 2.23. The smallest absolute Gasteiger partial charge is 0.191 e. The molecule has 0 spiro atoms. The molecule has 1 unspecified atom stereocenters. The van der Waals surface area contributed by atoms with Crippen LogP contribution in [0.4, 0.5) is 0 Å². The van der Waals surface area contributed by atoms with Crippen LogP contribution in [0.1, 0.15) is 53.9 Å². The normalized spacial score (nSPS) is 21.9. The summed E-state index contributed by atoms with van der Waals surface area (Å²) >= 11 is 0. The summed E-state index contributed by atoms with van der Waals surface area (Å²) in [7, 11) is 1.82. The number of halogens is 1. The second-order valence-corrected chi connectivity index (χ2v) is 7.03. The van der Waals surface area contributed by atoms with Gasteiger partial charge < -0.3 is 15.4 Å². The highest BCUT2D eigenvalue weighted by Gasteiger charge is 2.29. The standard InChI is InChI=1S/C17H36N4O.HI/c1-14(2)21(15(3)4)11-8-10-19-16(18-6)20-13-17(5)9-7-12-22-17;/h14-15H,7-13H2,1-6H3,(H2,18,19,20);1H. The average molecular weight is 440 g/mol. The summed E-state index contributed by atoms with van der Waals surface area (Å²) in [6.45, 7) is 15.0. The van der Waals surface area contributed by atoms with Crippen LogP contribution in [0.25, 0.3) is 0 Å². The highest BCUT2D eigenvalue weighted by atomic mass is 127. The maximum atomic E-state index is 5.79. The van der Waals surface area contributed by atoms with Gasteiger partial charge in [0.2, 0.25) is 0 Å². The molecule has 1 rings (SSSR count). The summed E-state index contributed by atoms with van der Waals surface area (Å²) < 4.78 is 5.79. The minimum absolute atomic E-state index is 0. The fourth-order valence-electron chi connectivity index (χ4n) is 3.05. The lowest BCUT2D eigenvalue weighted by Crippen LogP contribution is -2.46. The summed E-state index contributed by atoms with van der Waals surface area (Å²) in [5.41, 5.74) is -0.0380. The molecule has 2 N–H and O–H groups in total. The lowest BCUT2D eigenvalue weighted by atomic mass is 10.0. The van der Waals surface area contributed by atoms with Gasteiger partial charge in [0.15, 0.2) is 5.96 Å². The van der Waals surface area contributed by atoms with Gasteiger partial charge in [-0.25, -0.2) is 0 Å². The number of nitrogens with one attached hydrogen (secondary N) is 2. The van der Waals surface area contributed by atoms with Gasteiger partial charge in [-0.2, -0.15) is 0 Å². The first-order valence-electron chi connectivity index (χ1n) is 8.72. The molecule has 6 heteroatoms. The highest BCUT2D eigenvalue weighted by molar-refractivity contribution is 14.0. The summed E-state index contributed by atoms with van der Waals surface area (Å²) in [5, 5.41) is 6.79. The van der Waals surface area contributed by atoms with Crippen molar-refractivity contribution in [3.63, 3.8) is 0 Å². The maximum Gasteiger partial charge on any atom is 0.191 e. The van der Waals surface area contributed by atoms with E-state index in [1.54, 1.807) is 0 Å². The van der Waals surface area contributed by atoms with Crippen LogP contribution in [0.15, 0.2) is 4.99 Å². The number of guanidine groups is 1. The van der Waals surface area contributed by atoms with E-state index in [2.05, 4.69) is 55.1 Å². The van der Waals surface area contributed by atoms with Gasteiger partial charge in [0.25, 0.3) is 0 Å². The van der Waals surface area contributed by atoms with Gasteiger partial charge in [-0.3, -0.25) is 9.89 Å². The molecule has 0 aromatic heterocycles. The van der Waals surface area contributed by atoms with Gasteiger partial charge in [0, 0.05) is 45.4 Å². The third kappa shape index (κ3) is 8.54. The maximum absolute atomic E-state index is 5.79. The Hall–Kier alpha value is -0.0800. The Morgan fingerprint density at radius 1 is 1.22 bits per heavy atom. The van der Waals surface area contributed by atoms with Crippen molar-refractivity contribution in [2.75, 3.05) is 33.3 Å². The minimum atomic E-state index is -0.0380. The molecule has 138 valence electrons. The van der Waals surface area contributed by atoms with Gasteiger partial charge in [0.1, 0.15) is 0 Å². The van der Waals surface area contributed by atoms with Gasteiger partial charge in [-0.05, 0) is 53.9 Å². The van der Waals surface area contributed by atoms with Crippen molar-refractivity contribution in [1.29, 1.82) is 0 Å². The van der Waals surface area contributed by atoms with Crippen LogP contribution < -0.4 is 10.6 Å². The van der Waals surface area contributed by atoms with Crippen LogP contribution in [0.5, 0.6) is 0 Å². The zero-order valence-corrected chi connectivity index (χ0v) is 18.1. The molecule has 0 radical (unpaired) electrons. The van der Waals surface area contributed by atoms with Gasteiger partial charge in [0.05, 0.1) is 5.60 Å². The van der Waals surface area contributed by atoms with E-state index in [9.17, 15) is 0 Å². The number of nitrogens with zero attached hydrogens (tertiary/aromatic N) is 2. The van der Waals surface area contributed by atoms with Gasteiger partial charge >= 0.3 is 0 Å². The molecule has 5 nitrogen and oxygen atoms in total. The monoisotopic (exact) mass is 440 g/mol. The number of rotatable bonds is 8. The third-order valence-corrected chi connectivity index (χ3v) is 4.37. The van der Waals surface area contributed by atoms with Crippen molar-refractivity contribution in [2.45, 2.75) is 71.6 Å². The molecule has 0 aliphatic carbocycles. The number of aliphatic imine (C=N–C) groups is 1. The van der Waals surface area contributed by atoms with E-state index < -0.39 is 0 Å². The molecule has 0 aromatic carbocycles. The Morgan fingerprint density at radius 2 is 1.87 bits per heavy atom. The Morgan fingerprint density at radius 3 is 2.35 bits per heavy atom. The van der Waals surface area contributed by atoms with Crippen LogP contribution >= 0.6 is 24.0 Å². The second kappa shape index (κ2) is 11.5. The second-order valence-electron chi connectivity index (χ2n) is 7.03. The van der Waals surface area contributed by atoms with Crippen LogP contribution in [0.2, 0.25) is 0 Å². The van der Waals surface area contributed by atoms with Crippen LogP contribution in [0.3, 0.4) is 0 Å². The first-order valence-corrected chi connectivity index (χ1v) is 8.72. The average Bonchev–Trinajstić information content (AvgIpc) is 2.88. The Bertz CT molecular complexity index is 333. The van der Waals surface area contributed by atoms with Crippen molar-refractivity contribution >= 4 is 29.9 Å². The Labute approximate surface area is 160 Å². The third-order valence-electron chi connectivity index (χ3n) is 4.37. The Balaban J connectivity index is 0.00000484. The SMILES string of the molecule is CN=C(NCCCN(C(C)C)C(C)C)NCC1(C)CCCO1.I. The minimum Gasteiger partial charge on any atom is -0.373 e. The molecule has 23 heavy (non-hydrogen) atoms. The fraction of sp³-hybridized carbons (Fsp3) is 0.941. The largest absolute Gasteiger partial charge is 0.373 e. The van der Waals surface area contributed by atoms with Crippen LogP contribution in [0, 0.1) is 0 Å². The Kier molecular flexibility index (Phi) is 11.4. The number of hydrogen-bond acceptors (Lipinski definition) is 3. The molecule has 1 atom stereocenters. The van der Waals surface area contributed by atoms with Crippen molar-refractivity contribution in [1.82, 2.24) is 15.5 Å². The molecule has 1 aliphatic heterocycles. The lowest BCUT2D eigenvalue weighted by molar-refractivity contribution is 0.0243. The van der Waals surface area contributed by atoms with E-state index in [0.29, 0.717) is 12.1 Å². The molecule has 1 fully saturated rings. The first-order chi connectivity index (χ1) is 10.4. The molecule has 0 amide bonds. The van der Waals surface area contributed by atoms with E-state index >= 15 is 0 Å². The summed E-state index contributed by atoms with van der Waals surface area (Å²) in [4.78, 5) is 6.81. The predicted octanol–water partition coefficient (Wildman–Crippen LogP) is 2.85. The van der Waals surface area contributed by atoms with E-state index in [-0.39, 0.29) is 29.6 Å². The van der Waals surface area contributed by atoms with Gasteiger partial charge in [-0.15, -0.1) is 24.0 Å². The fourth-order valence-corrected chi connectivity index (χ4v) is 3.05. The van der Waals surface area contributed by atoms with Crippen molar-refractivity contribution in [3.05, 3.63) is 0 Å². The van der Waals surface area contributed by atoms with Crippen molar-refractivity contribution in [3.8, 4) is 0 Å². The van der Waals surface area contributed by atoms with Crippen LogP contribution in [-0.4, -0.2) is 61.8 Å². The summed E-state index contributed by atoms with van der Waals surface area (Å²) in [5.74, 6) is 0.873. The van der Waals surface area contributed by atoms with E-state index in [0.717, 1.165) is 51.5 Å². The van der Waals surface area contributed by atoms with E-state index in [4.69, 9.17) is 4.74 Å².